The van der Waals surface area contributed by atoms with Gasteiger partial charge >= 0.3 is 18.0 Å². The molecule has 1 aliphatic rings. The summed E-state index contributed by atoms with van der Waals surface area (Å²) in [7, 11) is 1.24. The Morgan fingerprint density at radius 1 is 1.33 bits per heavy atom. The minimum atomic E-state index is -1.16. The predicted octanol–water partition coefficient (Wildman–Crippen LogP) is 1.13. The van der Waals surface area contributed by atoms with Crippen molar-refractivity contribution in [3.63, 3.8) is 0 Å². The molecule has 0 aliphatic heterocycles. The Bertz CT molecular complexity index is 386. The van der Waals surface area contributed by atoms with Gasteiger partial charge in [-0.3, -0.25) is 4.79 Å². The molecule has 21 heavy (non-hydrogen) atoms. The van der Waals surface area contributed by atoms with Crippen molar-refractivity contribution >= 4 is 18.0 Å². The van der Waals surface area contributed by atoms with E-state index in [9.17, 15) is 14.4 Å². The van der Waals surface area contributed by atoms with E-state index in [0.717, 1.165) is 12.8 Å². The van der Waals surface area contributed by atoms with Gasteiger partial charge in [0.05, 0.1) is 7.11 Å². The molecule has 0 aromatic heterocycles. The van der Waals surface area contributed by atoms with Crippen molar-refractivity contribution < 1.29 is 24.2 Å². The van der Waals surface area contributed by atoms with Gasteiger partial charge in [0, 0.05) is 13.0 Å². The van der Waals surface area contributed by atoms with Gasteiger partial charge in [-0.05, 0) is 31.1 Å². The minimum Gasteiger partial charge on any atom is -0.480 e. The van der Waals surface area contributed by atoms with Crippen LogP contribution in [-0.4, -0.2) is 42.8 Å². The third-order valence-electron chi connectivity index (χ3n) is 3.82. The topological polar surface area (TPSA) is 105 Å². The molecule has 1 aliphatic carbocycles. The lowest BCUT2D eigenvalue weighted by atomic mass is 10.1. The molecular formula is C14H24N2O5. The van der Waals surface area contributed by atoms with E-state index in [2.05, 4.69) is 22.3 Å². The van der Waals surface area contributed by atoms with E-state index in [1.165, 1.54) is 13.5 Å². The lowest BCUT2D eigenvalue weighted by Crippen LogP contribution is -2.47. The summed E-state index contributed by atoms with van der Waals surface area (Å²) in [6.07, 6.45) is 3.31. The number of carbonyl (C=O) groups is 3. The van der Waals surface area contributed by atoms with Crippen LogP contribution in [0.5, 0.6) is 0 Å². The molecule has 0 aromatic carbocycles. The molecule has 7 heteroatoms. The number of urea groups is 1. The highest BCUT2D eigenvalue weighted by molar-refractivity contribution is 5.83. The van der Waals surface area contributed by atoms with Crippen LogP contribution >= 0.6 is 0 Å². The highest BCUT2D eigenvalue weighted by atomic mass is 16.5. The monoisotopic (exact) mass is 300 g/mol. The van der Waals surface area contributed by atoms with Gasteiger partial charge in [0.2, 0.25) is 0 Å². The lowest BCUT2D eigenvalue weighted by molar-refractivity contribution is -0.142. The average molecular weight is 300 g/mol. The number of hydrogen-bond donors (Lipinski definition) is 3. The summed E-state index contributed by atoms with van der Waals surface area (Å²) < 4.78 is 4.45. The van der Waals surface area contributed by atoms with Crippen molar-refractivity contribution in [2.45, 2.75) is 45.1 Å². The summed E-state index contributed by atoms with van der Waals surface area (Å²) in [5.41, 5.74) is 0. The SMILES string of the molecule is COC(=O)CC[C@H](NC(=O)NCC1CCC(C)C1)C(=O)O. The molecular weight excluding hydrogens is 276 g/mol. The Morgan fingerprint density at radius 2 is 2.05 bits per heavy atom. The van der Waals surface area contributed by atoms with Gasteiger partial charge in [-0.2, -0.15) is 0 Å². The van der Waals surface area contributed by atoms with E-state index in [1.807, 2.05) is 0 Å². The number of ether oxygens (including phenoxy) is 1. The molecule has 0 heterocycles. The fourth-order valence-electron chi connectivity index (χ4n) is 2.58. The molecule has 0 saturated heterocycles. The first-order chi connectivity index (χ1) is 9.92. The van der Waals surface area contributed by atoms with Gasteiger partial charge in [0.25, 0.3) is 0 Å². The van der Waals surface area contributed by atoms with Crippen LogP contribution in [0.4, 0.5) is 4.79 Å². The zero-order chi connectivity index (χ0) is 15.8. The lowest BCUT2D eigenvalue weighted by Gasteiger charge is -2.16. The van der Waals surface area contributed by atoms with E-state index in [4.69, 9.17) is 5.11 Å². The number of carboxylic acid groups (broad SMARTS) is 1. The van der Waals surface area contributed by atoms with E-state index in [1.54, 1.807) is 0 Å². The van der Waals surface area contributed by atoms with E-state index >= 15 is 0 Å². The maximum absolute atomic E-state index is 11.7. The van der Waals surface area contributed by atoms with Crippen LogP contribution in [0.3, 0.4) is 0 Å². The number of carboxylic acids is 1. The standard InChI is InChI=1S/C14H24N2O5/c1-9-3-4-10(7-9)8-15-14(20)16-11(13(18)19)5-6-12(17)21-2/h9-11H,3-8H2,1-2H3,(H,18,19)(H2,15,16,20)/t9?,10?,11-/m0/s1. The number of hydrogen-bond acceptors (Lipinski definition) is 4. The zero-order valence-electron chi connectivity index (χ0n) is 12.6. The van der Waals surface area contributed by atoms with Crippen molar-refractivity contribution in [2.24, 2.45) is 11.8 Å². The average Bonchev–Trinajstić information content (AvgIpc) is 2.86. The molecule has 0 aromatic rings. The van der Waals surface area contributed by atoms with Crippen LogP contribution in [0.15, 0.2) is 0 Å². The molecule has 2 amide bonds. The van der Waals surface area contributed by atoms with Gasteiger partial charge in [-0.15, -0.1) is 0 Å². The number of esters is 1. The Balaban J connectivity index is 2.31. The molecule has 3 atom stereocenters. The number of nitrogens with one attached hydrogen (secondary N) is 2. The summed E-state index contributed by atoms with van der Waals surface area (Å²) in [6.45, 7) is 2.74. The molecule has 2 unspecified atom stereocenters. The molecule has 0 radical (unpaired) electrons. The maximum atomic E-state index is 11.7. The molecule has 1 saturated carbocycles. The first kappa shape index (κ1) is 17.3. The summed E-state index contributed by atoms with van der Waals surface area (Å²) in [4.78, 5) is 33.8. The Labute approximate surface area is 124 Å². The summed E-state index contributed by atoms with van der Waals surface area (Å²) >= 11 is 0. The summed E-state index contributed by atoms with van der Waals surface area (Å²) in [5.74, 6) is -0.511. The second-order valence-corrected chi connectivity index (χ2v) is 5.64. The van der Waals surface area contributed by atoms with Crippen molar-refractivity contribution in [1.29, 1.82) is 0 Å². The quantitative estimate of drug-likeness (QED) is 0.611. The van der Waals surface area contributed by atoms with Gasteiger partial charge in [-0.25, -0.2) is 9.59 Å². The molecule has 3 N–H and O–H groups in total. The Hall–Kier alpha value is -1.79. The van der Waals surface area contributed by atoms with E-state index < -0.39 is 24.0 Å². The second-order valence-electron chi connectivity index (χ2n) is 5.64. The number of rotatable bonds is 7. The largest absolute Gasteiger partial charge is 0.480 e. The normalized spacial score (nSPS) is 22.4. The van der Waals surface area contributed by atoms with Crippen LogP contribution in [0.25, 0.3) is 0 Å². The predicted molar refractivity (Wildman–Crippen MR) is 75.7 cm³/mol. The fraction of sp³-hybridized carbons (Fsp3) is 0.786. The van der Waals surface area contributed by atoms with Gasteiger partial charge < -0.3 is 20.5 Å². The molecule has 1 fully saturated rings. The fourth-order valence-corrected chi connectivity index (χ4v) is 2.58. The molecule has 0 bridgehead atoms. The Kier molecular flexibility index (Phi) is 6.98. The first-order valence-corrected chi connectivity index (χ1v) is 7.26. The van der Waals surface area contributed by atoms with Crippen LogP contribution in [0.1, 0.15) is 39.0 Å². The van der Waals surface area contributed by atoms with E-state index in [0.29, 0.717) is 18.4 Å². The highest BCUT2D eigenvalue weighted by Gasteiger charge is 2.24. The van der Waals surface area contributed by atoms with Crippen LogP contribution in [0.2, 0.25) is 0 Å². The molecule has 0 spiro atoms. The second kappa shape index (κ2) is 8.49. The summed E-state index contributed by atoms with van der Waals surface area (Å²) in [5, 5.41) is 14.1. The van der Waals surface area contributed by atoms with Crippen molar-refractivity contribution in [1.82, 2.24) is 10.6 Å². The van der Waals surface area contributed by atoms with Crippen LogP contribution < -0.4 is 10.6 Å². The number of aliphatic carboxylic acids is 1. The maximum Gasteiger partial charge on any atom is 0.326 e. The highest BCUT2D eigenvalue weighted by Crippen LogP contribution is 2.29. The summed E-state index contributed by atoms with van der Waals surface area (Å²) in [6, 6.07) is -1.60. The van der Waals surface area contributed by atoms with Gasteiger partial charge in [0.15, 0.2) is 0 Å². The van der Waals surface area contributed by atoms with Crippen LogP contribution in [-0.2, 0) is 14.3 Å². The van der Waals surface area contributed by atoms with Crippen LogP contribution in [0, 0.1) is 11.8 Å². The van der Waals surface area contributed by atoms with Crippen molar-refractivity contribution in [3.05, 3.63) is 0 Å². The number of methoxy groups -OCH3 is 1. The van der Waals surface area contributed by atoms with Crippen molar-refractivity contribution in [3.8, 4) is 0 Å². The number of carbonyl (C=O) groups excluding carboxylic acids is 2. The Morgan fingerprint density at radius 3 is 2.57 bits per heavy atom. The smallest absolute Gasteiger partial charge is 0.326 e. The van der Waals surface area contributed by atoms with E-state index in [-0.39, 0.29) is 12.8 Å². The van der Waals surface area contributed by atoms with Gasteiger partial charge in [0.1, 0.15) is 6.04 Å². The number of amides is 2. The molecule has 7 nitrogen and oxygen atoms in total. The van der Waals surface area contributed by atoms with Crippen molar-refractivity contribution in [2.75, 3.05) is 13.7 Å². The van der Waals surface area contributed by atoms with Gasteiger partial charge in [-0.1, -0.05) is 13.3 Å². The third kappa shape index (κ3) is 6.46. The first-order valence-electron chi connectivity index (χ1n) is 7.26. The minimum absolute atomic E-state index is 0.00981. The third-order valence-corrected chi connectivity index (χ3v) is 3.82. The molecule has 1 rings (SSSR count). The molecule has 120 valence electrons. The zero-order valence-corrected chi connectivity index (χ0v) is 12.6.